The Bertz CT molecular complexity index is 183. The summed E-state index contributed by atoms with van der Waals surface area (Å²) in [7, 11) is 0. The van der Waals surface area contributed by atoms with Crippen molar-refractivity contribution in [2.45, 2.75) is 37.9 Å². The predicted octanol–water partition coefficient (Wildman–Crippen LogP) is 1.59. The van der Waals surface area contributed by atoms with Crippen LogP contribution in [0.2, 0.25) is 0 Å². The van der Waals surface area contributed by atoms with E-state index >= 15 is 0 Å². The smallest absolute Gasteiger partial charge is 0.370 e. The summed E-state index contributed by atoms with van der Waals surface area (Å²) in [6.45, 7) is -1.18. The van der Waals surface area contributed by atoms with Crippen LogP contribution in [0, 0.1) is 5.92 Å². The van der Waals surface area contributed by atoms with Gasteiger partial charge in [0, 0.05) is 6.04 Å². The van der Waals surface area contributed by atoms with E-state index in [1.807, 2.05) is 0 Å². The molecule has 1 rings (SSSR count). The summed E-state index contributed by atoms with van der Waals surface area (Å²) in [6.07, 6.45) is 0.0598. The van der Waals surface area contributed by atoms with Crippen molar-refractivity contribution in [3.63, 3.8) is 0 Å². The minimum atomic E-state index is -4.25. The van der Waals surface area contributed by atoms with E-state index in [2.05, 4.69) is 10.2 Å². The van der Waals surface area contributed by atoms with E-state index in [4.69, 9.17) is 5.84 Å². The van der Waals surface area contributed by atoms with Gasteiger partial charge in [0.25, 0.3) is 0 Å². The SMILES string of the molecule is NNC(COCC(F)(F)F)CC1CCC1. The molecule has 1 unspecified atom stereocenters. The molecule has 0 spiro atoms. The van der Waals surface area contributed by atoms with Crippen LogP contribution in [0.25, 0.3) is 0 Å². The first-order chi connectivity index (χ1) is 7.01. The highest BCUT2D eigenvalue weighted by Gasteiger charge is 2.28. The van der Waals surface area contributed by atoms with E-state index in [0.717, 1.165) is 19.3 Å². The number of hydrazine groups is 1. The molecule has 1 saturated carbocycles. The van der Waals surface area contributed by atoms with E-state index < -0.39 is 12.8 Å². The second-order valence-electron chi connectivity index (χ2n) is 4.03. The van der Waals surface area contributed by atoms with E-state index in [9.17, 15) is 13.2 Å². The zero-order valence-corrected chi connectivity index (χ0v) is 8.52. The molecule has 3 nitrogen and oxygen atoms in total. The fourth-order valence-electron chi connectivity index (χ4n) is 1.63. The number of halogens is 3. The van der Waals surface area contributed by atoms with E-state index in [1.165, 1.54) is 6.42 Å². The van der Waals surface area contributed by atoms with Gasteiger partial charge in [0.05, 0.1) is 6.61 Å². The molecule has 0 radical (unpaired) electrons. The number of rotatable bonds is 6. The van der Waals surface area contributed by atoms with E-state index in [0.29, 0.717) is 5.92 Å². The number of nitrogens with two attached hydrogens (primary N) is 1. The molecule has 15 heavy (non-hydrogen) atoms. The van der Waals surface area contributed by atoms with Crippen LogP contribution >= 0.6 is 0 Å². The summed E-state index contributed by atoms with van der Waals surface area (Å²) in [4.78, 5) is 0. The van der Waals surface area contributed by atoms with Crippen molar-refractivity contribution < 1.29 is 17.9 Å². The molecule has 0 aliphatic heterocycles. The lowest BCUT2D eigenvalue weighted by Gasteiger charge is -2.29. The maximum Gasteiger partial charge on any atom is 0.411 e. The van der Waals surface area contributed by atoms with Crippen LogP contribution in [-0.2, 0) is 4.74 Å². The van der Waals surface area contributed by atoms with Crippen molar-refractivity contribution >= 4 is 0 Å². The Balaban J connectivity index is 2.10. The molecule has 0 heterocycles. The molecule has 0 bridgehead atoms. The molecule has 1 fully saturated rings. The van der Waals surface area contributed by atoms with Crippen LogP contribution in [0.1, 0.15) is 25.7 Å². The number of ether oxygens (including phenoxy) is 1. The van der Waals surface area contributed by atoms with Crippen LogP contribution in [0.4, 0.5) is 13.2 Å². The normalized spacial score (nSPS) is 20.0. The summed E-state index contributed by atoms with van der Waals surface area (Å²) in [6, 6.07) is -0.169. The number of alkyl halides is 3. The Labute approximate surface area is 87.1 Å². The minimum Gasteiger partial charge on any atom is -0.370 e. The number of hydrogen-bond donors (Lipinski definition) is 2. The topological polar surface area (TPSA) is 47.3 Å². The first-order valence-corrected chi connectivity index (χ1v) is 5.12. The van der Waals surface area contributed by atoms with Crippen molar-refractivity contribution in [1.29, 1.82) is 0 Å². The fourth-order valence-corrected chi connectivity index (χ4v) is 1.63. The molecule has 0 aromatic heterocycles. The molecule has 1 aliphatic rings. The molecule has 6 heteroatoms. The van der Waals surface area contributed by atoms with Crippen molar-refractivity contribution in [2.75, 3.05) is 13.2 Å². The van der Waals surface area contributed by atoms with Gasteiger partial charge in [-0.1, -0.05) is 19.3 Å². The Morgan fingerprint density at radius 2 is 2.07 bits per heavy atom. The molecular weight excluding hydrogens is 209 g/mol. The average Bonchev–Trinajstić information content (AvgIpc) is 2.05. The highest BCUT2D eigenvalue weighted by molar-refractivity contribution is 4.76. The number of hydrogen-bond acceptors (Lipinski definition) is 3. The van der Waals surface area contributed by atoms with Gasteiger partial charge in [-0.2, -0.15) is 13.2 Å². The lowest BCUT2D eigenvalue weighted by atomic mass is 9.81. The third-order valence-electron chi connectivity index (χ3n) is 2.66. The first-order valence-electron chi connectivity index (χ1n) is 5.12. The van der Waals surface area contributed by atoms with Crippen molar-refractivity contribution in [1.82, 2.24) is 5.43 Å². The molecule has 0 aromatic rings. The lowest BCUT2D eigenvalue weighted by Crippen LogP contribution is -2.41. The Hall–Kier alpha value is -0.330. The van der Waals surface area contributed by atoms with Gasteiger partial charge in [-0.05, 0) is 12.3 Å². The van der Waals surface area contributed by atoms with Crippen LogP contribution in [-0.4, -0.2) is 25.4 Å². The Kier molecular flexibility index (Phi) is 4.82. The number of nitrogens with one attached hydrogen (secondary N) is 1. The molecule has 90 valence electrons. The molecule has 0 aromatic carbocycles. The van der Waals surface area contributed by atoms with Gasteiger partial charge in [0.1, 0.15) is 6.61 Å². The van der Waals surface area contributed by atoms with Gasteiger partial charge in [0.15, 0.2) is 0 Å². The maximum absolute atomic E-state index is 11.8. The molecule has 0 saturated heterocycles. The van der Waals surface area contributed by atoms with Crippen LogP contribution in [0.15, 0.2) is 0 Å². The van der Waals surface area contributed by atoms with Crippen molar-refractivity contribution in [3.05, 3.63) is 0 Å². The van der Waals surface area contributed by atoms with Crippen molar-refractivity contribution in [2.24, 2.45) is 11.8 Å². The largest absolute Gasteiger partial charge is 0.411 e. The van der Waals surface area contributed by atoms with Gasteiger partial charge in [-0.3, -0.25) is 11.3 Å². The van der Waals surface area contributed by atoms with Crippen LogP contribution in [0.5, 0.6) is 0 Å². The zero-order valence-electron chi connectivity index (χ0n) is 8.52. The summed E-state index contributed by atoms with van der Waals surface area (Å²) in [5.74, 6) is 5.84. The highest BCUT2D eigenvalue weighted by atomic mass is 19.4. The molecule has 1 aliphatic carbocycles. The van der Waals surface area contributed by atoms with Crippen LogP contribution in [0.3, 0.4) is 0 Å². The monoisotopic (exact) mass is 226 g/mol. The van der Waals surface area contributed by atoms with Gasteiger partial charge < -0.3 is 4.74 Å². The third-order valence-corrected chi connectivity index (χ3v) is 2.66. The average molecular weight is 226 g/mol. The summed E-state index contributed by atoms with van der Waals surface area (Å²) >= 11 is 0. The van der Waals surface area contributed by atoms with Gasteiger partial charge in [-0.25, -0.2) is 0 Å². The standard InChI is InChI=1S/C9H17F3N2O/c10-9(11,12)6-15-5-8(14-13)4-7-2-1-3-7/h7-8,14H,1-6,13H2. The van der Waals surface area contributed by atoms with Crippen molar-refractivity contribution in [3.8, 4) is 0 Å². The summed E-state index contributed by atoms with van der Waals surface area (Å²) < 4.78 is 39.9. The second-order valence-corrected chi connectivity index (χ2v) is 4.03. The fraction of sp³-hybridized carbons (Fsp3) is 1.00. The third kappa shape index (κ3) is 5.34. The molecular formula is C9H17F3N2O. The van der Waals surface area contributed by atoms with Gasteiger partial charge >= 0.3 is 6.18 Å². The Morgan fingerprint density at radius 1 is 1.40 bits per heavy atom. The predicted molar refractivity (Wildman–Crippen MR) is 49.9 cm³/mol. The van der Waals surface area contributed by atoms with E-state index in [-0.39, 0.29) is 12.6 Å². The molecule has 1 atom stereocenters. The quantitative estimate of drug-likeness (QED) is 0.534. The molecule has 3 N–H and O–H groups in total. The lowest BCUT2D eigenvalue weighted by molar-refractivity contribution is -0.175. The zero-order chi connectivity index (χ0) is 11.3. The van der Waals surface area contributed by atoms with Crippen LogP contribution < -0.4 is 11.3 Å². The minimum absolute atomic E-state index is 0.0203. The van der Waals surface area contributed by atoms with Gasteiger partial charge in [-0.15, -0.1) is 0 Å². The van der Waals surface area contributed by atoms with E-state index in [1.54, 1.807) is 0 Å². The van der Waals surface area contributed by atoms with Gasteiger partial charge in [0.2, 0.25) is 0 Å². The second kappa shape index (κ2) is 5.67. The molecule has 0 amide bonds. The summed E-state index contributed by atoms with van der Waals surface area (Å²) in [5, 5.41) is 0. The first kappa shape index (κ1) is 12.7. The maximum atomic E-state index is 11.8. The summed E-state index contributed by atoms with van der Waals surface area (Å²) in [5.41, 5.74) is 2.50. The Morgan fingerprint density at radius 3 is 2.47 bits per heavy atom. The highest BCUT2D eigenvalue weighted by Crippen LogP contribution is 2.30.